The second-order valence-corrected chi connectivity index (χ2v) is 4.76. The average Bonchev–Trinajstić information content (AvgIpc) is 2.18. The molecule has 0 radical (unpaired) electrons. The van der Waals surface area contributed by atoms with Crippen LogP contribution < -0.4 is 0 Å². The Hall–Kier alpha value is -1.15. The fourth-order valence-electron chi connectivity index (χ4n) is 1.73. The largest absolute Gasteiger partial charge is 0.253 e. The van der Waals surface area contributed by atoms with E-state index in [-0.39, 0.29) is 5.82 Å². The van der Waals surface area contributed by atoms with Gasteiger partial charge in [0.2, 0.25) is 0 Å². The van der Waals surface area contributed by atoms with Crippen LogP contribution in [0.4, 0.5) is 4.39 Å². The minimum absolute atomic E-state index is 0.284. The Balaban J connectivity index is 2.55. The Morgan fingerprint density at radius 1 is 1.31 bits per heavy atom. The van der Waals surface area contributed by atoms with Crippen molar-refractivity contribution < 1.29 is 4.39 Å². The number of halogens is 2. The van der Waals surface area contributed by atoms with E-state index in [9.17, 15) is 4.39 Å². The first-order valence-corrected chi connectivity index (χ1v) is 5.69. The summed E-state index contributed by atoms with van der Waals surface area (Å²) in [4.78, 5) is 4.47. The summed E-state index contributed by atoms with van der Waals surface area (Å²) < 4.78 is 13.0. The van der Waals surface area contributed by atoms with Crippen LogP contribution in [0.15, 0.2) is 24.3 Å². The fourth-order valence-corrected chi connectivity index (χ4v) is 2.01. The molecule has 0 saturated carbocycles. The van der Waals surface area contributed by atoms with E-state index in [1.165, 1.54) is 12.1 Å². The van der Waals surface area contributed by atoms with Gasteiger partial charge >= 0.3 is 0 Å². The summed E-state index contributed by atoms with van der Waals surface area (Å²) in [6.45, 7) is 4.26. The van der Waals surface area contributed by atoms with Gasteiger partial charge in [0.1, 0.15) is 5.82 Å². The maximum atomic E-state index is 13.0. The molecule has 3 heteroatoms. The molecule has 84 valence electrons. The molecule has 1 aromatic heterocycles. The van der Waals surface area contributed by atoms with Gasteiger partial charge in [0, 0.05) is 11.1 Å². The molecule has 0 bridgehead atoms. The van der Waals surface area contributed by atoms with Crippen molar-refractivity contribution in [1.82, 2.24) is 4.98 Å². The molecule has 0 aliphatic carbocycles. The number of hydrogen-bond donors (Lipinski definition) is 0. The Labute approximate surface area is 99.3 Å². The van der Waals surface area contributed by atoms with Crippen molar-refractivity contribution in [3.05, 3.63) is 40.8 Å². The van der Waals surface area contributed by atoms with Crippen molar-refractivity contribution in [1.29, 1.82) is 0 Å². The first-order chi connectivity index (χ1) is 7.56. The van der Waals surface area contributed by atoms with Crippen LogP contribution in [0.3, 0.4) is 0 Å². The van der Waals surface area contributed by atoms with Gasteiger partial charge in [-0.3, -0.25) is 4.98 Å². The molecule has 0 N–H and O–H groups in total. The lowest BCUT2D eigenvalue weighted by Crippen LogP contribution is -1.98. The third kappa shape index (κ3) is 2.33. The fraction of sp³-hybridized carbons (Fsp3) is 0.308. The molecule has 0 unspecified atom stereocenters. The standard InChI is InChI=1S/C13H13ClFN/c1-8(2)5-10-7-12(14)11-6-9(15)3-4-13(11)16-10/h3-4,6-8H,5H2,1-2H3. The topological polar surface area (TPSA) is 12.9 Å². The summed E-state index contributed by atoms with van der Waals surface area (Å²) in [6, 6.07) is 6.32. The zero-order valence-electron chi connectivity index (χ0n) is 9.30. The lowest BCUT2D eigenvalue weighted by Gasteiger charge is -2.07. The number of rotatable bonds is 2. The number of benzene rings is 1. The van der Waals surface area contributed by atoms with Crippen molar-refractivity contribution in [3.63, 3.8) is 0 Å². The predicted molar refractivity (Wildman–Crippen MR) is 65.3 cm³/mol. The van der Waals surface area contributed by atoms with Gasteiger partial charge in [-0.15, -0.1) is 0 Å². The third-order valence-electron chi connectivity index (χ3n) is 2.39. The lowest BCUT2D eigenvalue weighted by molar-refractivity contribution is 0.628. The van der Waals surface area contributed by atoms with Crippen LogP contribution in [0.5, 0.6) is 0 Å². The van der Waals surface area contributed by atoms with Crippen molar-refractivity contribution in [3.8, 4) is 0 Å². The molecule has 0 saturated heterocycles. The van der Waals surface area contributed by atoms with Gasteiger partial charge in [0.15, 0.2) is 0 Å². The summed E-state index contributed by atoms with van der Waals surface area (Å²) in [5.41, 5.74) is 1.71. The van der Waals surface area contributed by atoms with Crippen LogP contribution in [0.25, 0.3) is 10.9 Å². The van der Waals surface area contributed by atoms with E-state index in [1.54, 1.807) is 6.07 Å². The Bertz CT molecular complexity index is 523. The van der Waals surface area contributed by atoms with Gasteiger partial charge in [-0.2, -0.15) is 0 Å². The van der Waals surface area contributed by atoms with Crippen LogP contribution in [0.1, 0.15) is 19.5 Å². The molecule has 1 heterocycles. The minimum atomic E-state index is -0.284. The van der Waals surface area contributed by atoms with Crippen molar-refractivity contribution >= 4 is 22.5 Å². The number of pyridine rings is 1. The number of aromatic nitrogens is 1. The second-order valence-electron chi connectivity index (χ2n) is 4.35. The van der Waals surface area contributed by atoms with E-state index in [1.807, 2.05) is 6.07 Å². The molecule has 0 spiro atoms. The highest BCUT2D eigenvalue weighted by Crippen LogP contribution is 2.24. The minimum Gasteiger partial charge on any atom is -0.253 e. The quantitative estimate of drug-likeness (QED) is 0.762. The molecule has 0 atom stereocenters. The molecule has 0 fully saturated rings. The third-order valence-corrected chi connectivity index (χ3v) is 2.70. The molecule has 2 aromatic rings. The lowest BCUT2D eigenvalue weighted by atomic mass is 10.1. The molecule has 0 aliphatic rings. The molecule has 1 aromatic carbocycles. The zero-order valence-corrected chi connectivity index (χ0v) is 10.1. The summed E-state index contributed by atoms with van der Waals surface area (Å²) in [6.07, 6.45) is 0.882. The van der Waals surface area contributed by atoms with E-state index >= 15 is 0 Å². The van der Waals surface area contributed by atoms with Crippen LogP contribution >= 0.6 is 11.6 Å². The Morgan fingerprint density at radius 3 is 2.75 bits per heavy atom. The molecule has 2 rings (SSSR count). The maximum absolute atomic E-state index is 13.0. The molecule has 1 nitrogen and oxygen atoms in total. The van der Waals surface area contributed by atoms with Gasteiger partial charge in [-0.25, -0.2) is 4.39 Å². The number of nitrogens with zero attached hydrogens (tertiary/aromatic N) is 1. The number of hydrogen-bond acceptors (Lipinski definition) is 1. The van der Waals surface area contributed by atoms with Crippen molar-refractivity contribution in [2.75, 3.05) is 0 Å². The van der Waals surface area contributed by atoms with Gasteiger partial charge in [0.05, 0.1) is 10.5 Å². The van der Waals surface area contributed by atoms with Crippen molar-refractivity contribution in [2.45, 2.75) is 20.3 Å². The summed E-state index contributed by atoms with van der Waals surface area (Å²) in [7, 11) is 0. The van der Waals surface area contributed by atoms with E-state index in [0.29, 0.717) is 16.3 Å². The van der Waals surface area contributed by atoms with E-state index in [0.717, 1.165) is 17.6 Å². The van der Waals surface area contributed by atoms with Crippen LogP contribution in [0.2, 0.25) is 5.02 Å². The van der Waals surface area contributed by atoms with E-state index in [4.69, 9.17) is 11.6 Å². The summed E-state index contributed by atoms with van der Waals surface area (Å²) in [5.74, 6) is 0.245. The average molecular weight is 238 g/mol. The number of fused-ring (bicyclic) bond motifs is 1. The maximum Gasteiger partial charge on any atom is 0.124 e. The molecule has 0 amide bonds. The van der Waals surface area contributed by atoms with Gasteiger partial charge in [0.25, 0.3) is 0 Å². The normalized spacial score (nSPS) is 11.3. The van der Waals surface area contributed by atoms with Crippen LogP contribution in [-0.2, 0) is 6.42 Å². The zero-order chi connectivity index (χ0) is 11.7. The summed E-state index contributed by atoms with van der Waals surface area (Å²) >= 11 is 6.11. The first kappa shape index (κ1) is 11.3. The monoisotopic (exact) mass is 237 g/mol. The van der Waals surface area contributed by atoms with E-state index < -0.39 is 0 Å². The molecular formula is C13H13ClFN. The SMILES string of the molecule is CC(C)Cc1cc(Cl)c2cc(F)ccc2n1. The van der Waals surface area contributed by atoms with Crippen LogP contribution in [0, 0.1) is 11.7 Å². The smallest absolute Gasteiger partial charge is 0.124 e. The van der Waals surface area contributed by atoms with E-state index in [2.05, 4.69) is 18.8 Å². The van der Waals surface area contributed by atoms with Gasteiger partial charge < -0.3 is 0 Å². The Morgan fingerprint density at radius 2 is 2.06 bits per heavy atom. The molecule has 16 heavy (non-hydrogen) atoms. The second kappa shape index (κ2) is 4.38. The van der Waals surface area contributed by atoms with Crippen molar-refractivity contribution in [2.24, 2.45) is 5.92 Å². The first-order valence-electron chi connectivity index (χ1n) is 5.31. The van der Waals surface area contributed by atoms with Gasteiger partial charge in [-0.1, -0.05) is 25.4 Å². The molecular weight excluding hydrogens is 225 g/mol. The van der Waals surface area contributed by atoms with Gasteiger partial charge in [-0.05, 0) is 36.6 Å². The Kier molecular flexibility index (Phi) is 3.10. The van der Waals surface area contributed by atoms with Crippen LogP contribution in [-0.4, -0.2) is 4.98 Å². The highest BCUT2D eigenvalue weighted by atomic mass is 35.5. The molecule has 0 aliphatic heterocycles. The summed E-state index contributed by atoms with van der Waals surface area (Å²) in [5, 5.41) is 1.24. The predicted octanol–water partition coefficient (Wildman–Crippen LogP) is 4.23. The highest BCUT2D eigenvalue weighted by Gasteiger charge is 2.06. The highest BCUT2D eigenvalue weighted by molar-refractivity contribution is 6.35.